The lowest BCUT2D eigenvalue weighted by Gasteiger charge is -2.26. The zero-order valence-electron chi connectivity index (χ0n) is 11.2. The van der Waals surface area contributed by atoms with Gasteiger partial charge in [0.15, 0.2) is 0 Å². The van der Waals surface area contributed by atoms with Crippen LogP contribution in [0, 0.1) is 5.92 Å². The Kier molecular flexibility index (Phi) is 5.22. The highest BCUT2D eigenvalue weighted by molar-refractivity contribution is 6.32. The van der Waals surface area contributed by atoms with Crippen LogP contribution >= 0.6 is 11.6 Å². The van der Waals surface area contributed by atoms with Crippen molar-refractivity contribution in [2.45, 2.75) is 38.7 Å². The summed E-state index contributed by atoms with van der Waals surface area (Å²) >= 11 is 6.08. The molecule has 0 bridgehead atoms. The Labute approximate surface area is 118 Å². The molecule has 1 saturated carbocycles. The van der Waals surface area contributed by atoms with Gasteiger partial charge in [-0.2, -0.15) is 4.98 Å². The van der Waals surface area contributed by atoms with E-state index < -0.39 is 0 Å². The minimum atomic E-state index is -0.154. The zero-order valence-corrected chi connectivity index (χ0v) is 12.0. The van der Waals surface area contributed by atoms with Gasteiger partial charge in [-0.1, -0.05) is 18.0 Å². The van der Waals surface area contributed by atoms with Gasteiger partial charge >= 0.3 is 0 Å². The van der Waals surface area contributed by atoms with Gasteiger partial charge < -0.3 is 15.7 Å². The molecule has 3 N–H and O–H groups in total. The van der Waals surface area contributed by atoms with Crippen LogP contribution in [0.1, 0.15) is 32.6 Å². The van der Waals surface area contributed by atoms with Crippen molar-refractivity contribution in [1.82, 2.24) is 9.97 Å². The number of hydrogen-bond acceptors (Lipinski definition) is 5. The second-order valence-corrected chi connectivity index (χ2v) is 5.40. The van der Waals surface area contributed by atoms with Crippen molar-refractivity contribution in [1.29, 1.82) is 0 Å². The van der Waals surface area contributed by atoms with Crippen molar-refractivity contribution in [3.8, 4) is 0 Å². The highest BCUT2D eigenvalue weighted by Crippen LogP contribution is 2.26. The van der Waals surface area contributed by atoms with Gasteiger partial charge in [-0.25, -0.2) is 4.98 Å². The number of rotatable bonds is 5. The smallest absolute Gasteiger partial charge is 0.224 e. The van der Waals surface area contributed by atoms with Crippen molar-refractivity contribution in [2.75, 3.05) is 23.7 Å². The summed E-state index contributed by atoms with van der Waals surface area (Å²) in [4.78, 5) is 8.44. The molecule has 0 aromatic carbocycles. The molecule has 5 nitrogen and oxygen atoms in total. The summed E-state index contributed by atoms with van der Waals surface area (Å²) in [5, 5.41) is 16.5. The molecule has 0 spiro atoms. The Bertz CT molecular complexity index is 416. The molecule has 1 aliphatic carbocycles. The zero-order chi connectivity index (χ0) is 13.7. The highest BCUT2D eigenvalue weighted by atomic mass is 35.5. The Morgan fingerprint density at radius 2 is 2.26 bits per heavy atom. The summed E-state index contributed by atoms with van der Waals surface area (Å²) in [7, 11) is 0. The van der Waals surface area contributed by atoms with E-state index in [1.165, 1.54) is 0 Å². The fourth-order valence-electron chi connectivity index (χ4n) is 2.42. The van der Waals surface area contributed by atoms with Gasteiger partial charge in [0.2, 0.25) is 5.95 Å². The van der Waals surface area contributed by atoms with Crippen LogP contribution in [-0.2, 0) is 0 Å². The second-order valence-electron chi connectivity index (χ2n) is 4.99. The summed E-state index contributed by atoms with van der Waals surface area (Å²) < 4.78 is 0. The summed E-state index contributed by atoms with van der Waals surface area (Å²) in [6, 6.07) is 0. The van der Waals surface area contributed by atoms with Gasteiger partial charge in [0.25, 0.3) is 0 Å². The van der Waals surface area contributed by atoms with Crippen LogP contribution < -0.4 is 10.6 Å². The molecule has 2 rings (SSSR count). The molecule has 1 aliphatic rings. The highest BCUT2D eigenvalue weighted by Gasteiger charge is 2.20. The molecule has 0 amide bonds. The van der Waals surface area contributed by atoms with Gasteiger partial charge in [-0.05, 0) is 32.1 Å². The average molecular weight is 285 g/mol. The molecule has 1 heterocycles. The van der Waals surface area contributed by atoms with Crippen molar-refractivity contribution in [3.05, 3.63) is 11.2 Å². The van der Waals surface area contributed by atoms with E-state index in [4.69, 9.17) is 11.6 Å². The number of halogens is 1. The van der Waals surface area contributed by atoms with Gasteiger partial charge in [0.1, 0.15) is 10.8 Å². The molecule has 2 atom stereocenters. The third kappa shape index (κ3) is 4.21. The lowest BCUT2D eigenvalue weighted by atomic mass is 9.87. The molecule has 2 unspecified atom stereocenters. The Morgan fingerprint density at radius 1 is 1.42 bits per heavy atom. The fourth-order valence-corrected chi connectivity index (χ4v) is 2.58. The number of aliphatic hydroxyl groups excluding tert-OH is 1. The molecule has 1 aromatic rings. The molecule has 1 fully saturated rings. The van der Waals surface area contributed by atoms with Crippen LogP contribution in [0.15, 0.2) is 6.20 Å². The summed E-state index contributed by atoms with van der Waals surface area (Å²) in [5.74, 6) is 1.73. The number of aliphatic hydroxyl groups is 1. The summed E-state index contributed by atoms with van der Waals surface area (Å²) in [6.07, 6.45) is 5.47. The Balaban J connectivity index is 1.92. The maximum absolute atomic E-state index is 9.66. The van der Waals surface area contributed by atoms with Crippen LogP contribution in [0.5, 0.6) is 0 Å². The minimum absolute atomic E-state index is 0.154. The van der Waals surface area contributed by atoms with Crippen LogP contribution in [0.25, 0.3) is 0 Å². The quantitative estimate of drug-likeness (QED) is 0.775. The van der Waals surface area contributed by atoms with E-state index in [1.54, 1.807) is 6.20 Å². The molecule has 19 heavy (non-hydrogen) atoms. The first-order valence-electron chi connectivity index (χ1n) is 6.87. The number of nitrogens with one attached hydrogen (secondary N) is 2. The molecule has 0 aliphatic heterocycles. The van der Waals surface area contributed by atoms with E-state index in [0.717, 1.165) is 38.8 Å². The molecule has 6 heteroatoms. The lowest BCUT2D eigenvalue weighted by Crippen LogP contribution is -2.25. The largest absolute Gasteiger partial charge is 0.393 e. The van der Waals surface area contributed by atoms with E-state index in [0.29, 0.717) is 22.7 Å². The van der Waals surface area contributed by atoms with Gasteiger partial charge in [0, 0.05) is 13.1 Å². The van der Waals surface area contributed by atoms with Gasteiger partial charge in [0.05, 0.1) is 12.3 Å². The average Bonchev–Trinajstić information content (AvgIpc) is 2.40. The summed E-state index contributed by atoms with van der Waals surface area (Å²) in [6.45, 7) is 3.56. The maximum atomic E-state index is 9.66. The normalized spacial score (nSPS) is 23.1. The molecule has 0 saturated heterocycles. The van der Waals surface area contributed by atoms with Gasteiger partial charge in [-0.3, -0.25) is 0 Å². The van der Waals surface area contributed by atoms with E-state index in [9.17, 15) is 5.11 Å². The molecule has 106 valence electrons. The van der Waals surface area contributed by atoms with Crippen LogP contribution in [0.3, 0.4) is 0 Å². The first-order valence-corrected chi connectivity index (χ1v) is 7.25. The number of aromatic nitrogens is 2. The fraction of sp³-hybridized carbons (Fsp3) is 0.692. The van der Waals surface area contributed by atoms with Crippen LogP contribution in [-0.4, -0.2) is 34.3 Å². The van der Waals surface area contributed by atoms with Crippen molar-refractivity contribution in [2.24, 2.45) is 5.92 Å². The standard InChI is InChI=1S/C13H21ClN4O/c1-2-15-13-17-8-11(14)12(18-13)16-7-9-4-3-5-10(19)6-9/h8-10,19H,2-7H2,1H3,(H2,15,16,17,18). The van der Waals surface area contributed by atoms with E-state index in [2.05, 4.69) is 20.6 Å². The van der Waals surface area contributed by atoms with Crippen molar-refractivity contribution < 1.29 is 5.11 Å². The van der Waals surface area contributed by atoms with E-state index >= 15 is 0 Å². The van der Waals surface area contributed by atoms with E-state index in [-0.39, 0.29) is 6.10 Å². The molecule has 1 aromatic heterocycles. The SMILES string of the molecule is CCNc1ncc(Cl)c(NCC2CCCC(O)C2)n1. The maximum Gasteiger partial charge on any atom is 0.224 e. The summed E-state index contributed by atoms with van der Waals surface area (Å²) in [5.41, 5.74) is 0. The molecular formula is C13H21ClN4O. The topological polar surface area (TPSA) is 70.1 Å². The minimum Gasteiger partial charge on any atom is -0.393 e. The first-order chi connectivity index (χ1) is 9.19. The Hall–Kier alpha value is -1.07. The predicted octanol–water partition coefficient (Wildman–Crippen LogP) is 2.52. The third-order valence-corrected chi connectivity index (χ3v) is 3.67. The number of nitrogens with zero attached hydrogens (tertiary/aromatic N) is 2. The third-order valence-electron chi connectivity index (χ3n) is 3.39. The van der Waals surface area contributed by atoms with Crippen LogP contribution in [0.2, 0.25) is 5.02 Å². The first kappa shape index (κ1) is 14.3. The second kappa shape index (κ2) is 6.91. The van der Waals surface area contributed by atoms with Crippen LogP contribution in [0.4, 0.5) is 11.8 Å². The molecular weight excluding hydrogens is 264 g/mol. The van der Waals surface area contributed by atoms with Crippen molar-refractivity contribution in [3.63, 3.8) is 0 Å². The lowest BCUT2D eigenvalue weighted by molar-refractivity contribution is 0.104. The monoisotopic (exact) mass is 284 g/mol. The number of anilines is 2. The number of hydrogen-bond donors (Lipinski definition) is 3. The predicted molar refractivity (Wildman–Crippen MR) is 77.7 cm³/mol. The molecule has 0 radical (unpaired) electrons. The van der Waals surface area contributed by atoms with E-state index in [1.807, 2.05) is 6.92 Å². The Morgan fingerprint density at radius 3 is 3.00 bits per heavy atom. The van der Waals surface area contributed by atoms with Gasteiger partial charge in [-0.15, -0.1) is 0 Å². The van der Waals surface area contributed by atoms with Crippen molar-refractivity contribution >= 4 is 23.4 Å².